The molecule has 0 bridgehead atoms. The summed E-state index contributed by atoms with van der Waals surface area (Å²) in [6, 6.07) is 0. The molecule has 0 aromatic rings. The second kappa shape index (κ2) is 7.54. The summed E-state index contributed by atoms with van der Waals surface area (Å²) in [7, 11) is 0. The van der Waals surface area contributed by atoms with Crippen LogP contribution in [0.1, 0.15) is 77.6 Å². The van der Waals surface area contributed by atoms with Gasteiger partial charge in [-0.15, -0.1) is 0 Å². The van der Waals surface area contributed by atoms with Gasteiger partial charge < -0.3 is 28.4 Å². The average molecular weight is 382 g/mol. The molecule has 27 heavy (non-hydrogen) atoms. The van der Waals surface area contributed by atoms with E-state index >= 15 is 0 Å². The lowest BCUT2D eigenvalue weighted by molar-refractivity contribution is -0.262. The number of ether oxygens (including phenoxy) is 6. The minimum absolute atomic E-state index is 0.106. The zero-order valence-corrected chi connectivity index (χ0v) is 16.5. The van der Waals surface area contributed by atoms with E-state index in [1.165, 1.54) is 25.7 Å². The molecule has 6 heteroatoms. The Hall–Kier alpha value is -0.240. The highest BCUT2D eigenvalue weighted by molar-refractivity contribution is 5.01. The molecule has 0 aromatic heterocycles. The van der Waals surface area contributed by atoms with Crippen LogP contribution >= 0.6 is 0 Å². The molecule has 0 amide bonds. The van der Waals surface area contributed by atoms with Gasteiger partial charge in [0.15, 0.2) is 17.9 Å². The lowest BCUT2D eigenvalue weighted by Crippen LogP contribution is -2.46. The van der Waals surface area contributed by atoms with Crippen LogP contribution in [0.3, 0.4) is 0 Å². The van der Waals surface area contributed by atoms with Crippen molar-refractivity contribution in [1.82, 2.24) is 0 Å². The van der Waals surface area contributed by atoms with Crippen LogP contribution in [0.25, 0.3) is 0 Å². The van der Waals surface area contributed by atoms with Crippen molar-refractivity contribution in [3.05, 3.63) is 0 Å². The second-order valence-corrected chi connectivity index (χ2v) is 8.91. The summed E-state index contributed by atoms with van der Waals surface area (Å²) in [5, 5.41) is 0. The highest BCUT2D eigenvalue weighted by Gasteiger charge is 2.61. The van der Waals surface area contributed by atoms with Crippen LogP contribution in [0, 0.1) is 0 Å². The Labute approximate surface area is 162 Å². The molecule has 5 aliphatic rings. The van der Waals surface area contributed by atoms with Crippen molar-refractivity contribution in [3.63, 3.8) is 0 Å². The normalized spacial score (nSPS) is 42.8. The smallest absolute Gasteiger partial charge is 0.190 e. The molecule has 5 fully saturated rings. The van der Waals surface area contributed by atoms with Gasteiger partial charge in [0.1, 0.15) is 24.4 Å². The van der Waals surface area contributed by atoms with Crippen LogP contribution < -0.4 is 0 Å². The molecule has 3 heterocycles. The molecule has 5 atom stereocenters. The standard InChI is InChI=1S/C21H34O6/c1-2-13-22-17-16(15-14-23-20(25-15)9-5-3-6-10-20)24-19-18(17)26-21(27-19)11-7-4-8-12-21/h15-19H,2-14H2,1H3/t15-,16-,17+,18-,19+/m0/s1. The number of rotatable bonds is 4. The molecule has 2 aliphatic carbocycles. The van der Waals surface area contributed by atoms with E-state index in [1.54, 1.807) is 0 Å². The zero-order valence-electron chi connectivity index (χ0n) is 16.5. The van der Waals surface area contributed by atoms with Crippen molar-refractivity contribution in [3.8, 4) is 0 Å². The maximum Gasteiger partial charge on any atom is 0.190 e. The predicted octanol–water partition coefficient (Wildman–Crippen LogP) is 3.66. The molecule has 3 aliphatic heterocycles. The SMILES string of the molecule is CCCO[C@H]1[C@@H]2OC3(CCCCC3)O[C@H]2O[C@H]1[C@@H]1COC2(CCCCC2)O1. The summed E-state index contributed by atoms with van der Waals surface area (Å²) in [5.74, 6) is -0.852. The molecule has 2 spiro atoms. The average Bonchev–Trinajstić information content (AvgIpc) is 3.33. The van der Waals surface area contributed by atoms with Gasteiger partial charge in [-0.05, 0) is 32.1 Å². The molecule has 0 radical (unpaired) electrons. The lowest BCUT2D eigenvalue weighted by atomic mass is 9.94. The van der Waals surface area contributed by atoms with E-state index in [4.69, 9.17) is 28.4 Å². The molecular formula is C21H34O6. The summed E-state index contributed by atoms with van der Waals surface area (Å²) in [4.78, 5) is 0. The van der Waals surface area contributed by atoms with E-state index in [-0.39, 0.29) is 30.7 Å². The summed E-state index contributed by atoms with van der Waals surface area (Å²) in [5.41, 5.74) is 0. The quantitative estimate of drug-likeness (QED) is 0.740. The van der Waals surface area contributed by atoms with Gasteiger partial charge >= 0.3 is 0 Å². The molecule has 154 valence electrons. The zero-order chi connectivity index (χ0) is 18.3. The molecule has 6 nitrogen and oxygen atoms in total. The van der Waals surface area contributed by atoms with Gasteiger partial charge in [-0.2, -0.15) is 0 Å². The van der Waals surface area contributed by atoms with E-state index in [0.29, 0.717) is 13.2 Å². The van der Waals surface area contributed by atoms with E-state index in [0.717, 1.165) is 44.9 Å². The van der Waals surface area contributed by atoms with Crippen LogP contribution in [0.5, 0.6) is 0 Å². The summed E-state index contributed by atoms with van der Waals surface area (Å²) in [6.45, 7) is 3.40. The minimum Gasteiger partial charge on any atom is -0.372 e. The lowest BCUT2D eigenvalue weighted by Gasteiger charge is -2.35. The Morgan fingerprint density at radius 1 is 0.815 bits per heavy atom. The van der Waals surface area contributed by atoms with Crippen LogP contribution in [-0.2, 0) is 28.4 Å². The molecule has 2 saturated carbocycles. The predicted molar refractivity (Wildman–Crippen MR) is 97.1 cm³/mol. The first-order valence-electron chi connectivity index (χ1n) is 11.2. The van der Waals surface area contributed by atoms with E-state index in [9.17, 15) is 0 Å². The topological polar surface area (TPSA) is 55.4 Å². The van der Waals surface area contributed by atoms with Crippen molar-refractivity contribution in [2.45, 2.75) is 120 Å². The maximum absolute atomic E-state index is 6.48. The van der Waals surface area contributed by atoms with Crippen molar-refractivity contribution in [2.75, 3.05) is 13.2 Å². The third-order valence-electron chi connectivity index (χ3n) is 6.88. The molecular weight excluding hydrogens is 348 g/mol. The Kier molecular flexibility index (Phi) is 5.24. The van der Waals surface area contributed by atoms with Crippen LogP contribution in [0.4, 0.5) is 0 Å². The monoisotopic (exact) mass is 382 g/mol. The van der Waals surface area contributed by atoms with E-state index in [1.807, 2.05) is 0 Å². The largest absolute Gasteiger partial charge is 0.372 e. The minimum atomic E-state index is -0.454. The Morgan fingerprint density at radius 3 is 2.22 bits per heavy atom. The maximum atomic E-state index is 6.48. The Morgan fingerprint density at radius 2 is 1.52 bits per heavy atom. The van der Waals surface area contributed by atoms with Crippen LogP contribution in [0.15, 0.2) is 0 Å². The van der Waals surface area contributed by atoms with Gasteiger partial charge in [0.05, 0.1) is 6.61 Å². The number of hydrogen-bond donors (Lipinski definition) is 0. The van der Waals surface area contributed by atoms with Gasteiger partial charge in [0.25, 0.3) is 0 Å². The van der Waals surface area contributed by atoms with E-state index in [2.05, 4.69) is 6.92 Å². The highest BCUT2D eigenvalue weighted by atomic mass is 16.9. The Balaban J connectivity index is 1.29. The van der Waals surface area contributed by atoms with Gasteiger partial charge in [0.2, 0.25) is 0 Å². The third kappa shape index (κ3) is 3.47. The highest BCUT2D eigenvalue weighted by Crippen LogP contribution is 2.48. The molecule has 3 saturated heterocycles. The van der Waals surface area contributed by atoms with Crippen molar-refractivity contribution in [1.29, 1.82) is 0 Å². The van der Waals surface area contributed by atoms with E-state index < -0.39 is 11.6 Å². The molecule has 0 aromatic carbocycles. The van der Waals surface area contributed by atoms with Gasteiger partial charge in [-0.3, -0.25) is 0 Å². The van der Waals surface area contributed by atoms with Crippen molar-refractivity contribution in [2.24, 2.45) is 0 Å². The molecule has 0 unspecified atom stereocenters. The first kappa shape index (κ1) is 18.8. The first-order chi connectivity index (χ1) is 13.2. The van der Waals surface area contributed by atoms with Crippen LogP contribution in [-0.4, -0.2) is 55.5 Å². The third-order valence-corrected chi connectivity index (χ3v) is 6.88. The van der Waals surface area contributed by atoms with Gasteiger partial charge in [-0.25, -0.2) is 0 Å². The molecule has 5 rings (SSSR count). The summed E-state index contributed by atoms with van der Waals surface area (Å²) in [6.07, 6.45) is 11.1. The summed E-state index contributed by atoms with van der Waals surface area (Å²) < 4.78 is 38.0. The first-order valence-corrected chi connectivity index (χ1v) is 11.2. The Bertz CT molecular complexity index is 513. The van der Waals surface area contributed by atoms with Gasteiger partial charge in [0, 0.05) is 32.3 Å². The fraction of sp³-hybridized carbons (Fsp3) is 1.00. The van der Waals surface area contributed by atoms with Crippen molar-refractivity contribution >= 4 is 0 Å². The summed E-state index contributed by atoms with van der Waals surface area (Å²) >= 11 is 0. The number of fused-ring (bicyclic) bond motifs is 1. The number of hydrogen-bond acceptors (Lipinski definition) is 6. The van der Waals surface area contributed by atoms with Crippen molar-refractivity contribution < 1.29 is 28.4 Å². The van der Waals surface area contributed by atoms with Gasteiger partial charge in [-0.1, -0.05) is 19.8 Å². The fourth-order valence-electron chi connectivity index (χ4n) is 5.52. The second-order valence-electron chi connectivity index (χ2n) is 8.91. The fourth-order valence-corrected chi connectivity index (χ4v) is 5.52. The van der Waals surface area contributed by atoms with Crippen LogP contribution in [0.2, 0.25) is 0 Å². The molecule has 0 N–H and O–H groups in total.